The Labute approximate surface area is 125 Å². The van der Waals surface area contributed by atoms with Crippen LogP contribution in [0.15, 0.2) is 49.6 Å². The predicted molar refractivity (Wildman–Crippen MR) is 85.3 cm³/mol. The minimum atomic E-state index is -0.156. The molecule has 1 aromatic carbocycles. The van der Waals surface area contributed by atoms with Crippen molar-refractivity contribution < 1.29 is 9.59 Å². The first-order chi connectivity index (χ1) is 10.1. The zero-order chi connectivity index (χ0) is 15.7. The molecule has 5 heteroatoms. The van der Waals surface area contributed by atoms with Crippen molar-refractivity contribution in [3.8, 4) is 0 Å². The average Bonchev–Trinajstić information content (AvgIpc) is 2.47. The molecular formula is C16H21N3O2. The van der Waals surface area contributed by atoms with Crippen LogP contribution in [0.4, 0.5) is 5.69 Å². The largest absolute Gasteiger partial charge is 0.355 e. The molecule has 0 radical (unpaired) electrons. The normalized spacial score (nSPS) is 10.0. The molecule has 112 valence electrons. The molecule has 0 heterocycles. The van der Waals surface area contributed by atoms with Crippen LogP contribution in [0.1, 0.15) is 10.4 Å². The van der Waals surface area contributed by atoms with Crippen molar-refractivity contribution in [2.24, 2.45) is 0 Å². The second-order valence-electron chi connectivity index (χ2n) is 4.48. The molecule has 0 aliphatic carbocycles. The van der Waals surface area contributed by atoms with Gasteiger partial charge in [0.2, 0.25) is 5.91 Å². The van der Waals surface area contributed by atoms with Crippen LogP contribution in [0.2, 0.25) is 0 Å². The summed E-state index contributed by atoms with van der Waals surface area (Å²) < 4.78 is 0. The Balaban J connectivity index is 2.59. The lowest BCUT2D eigenvalue weighted by atomic mass is 10.2. The number of rotatable bonds is 8. The summed E-state index contributed by atoms with van der Waals surface area (Å²) in [6.07, 6.45) is 3.49. The molecule has 5 nitrogen and oxygen atoms in total. The minimum absolute atomic E-state index is 0.119. The van der Waals surface area contributed by atoms with Gasteiger partial charge in [-0.25, -0.2) is 0 Å². The second-order valence-corrected chi connectivity index (χ2v) is 4.48. The number of carbonyl (C=O) groups excluding carboxylic acids is 2. The number of hydrogen-bond acceptors (Lipinski definition) is 3. The number of carbonyl (C=O) groups is 2. The molecule has 0 saturated carbocycles. The fraction of sp³-hybridized carbons (Fsp3) is 0.250. The summed E-state index contributed by atoms with van der Waals surface area (Å²) in [7, 11) is 1.58. The molecule has 0 aliphatic rings. The van der Waals surface area contributed by atoms with Gasteiger partial charge in [-0.1, -0.05) is 12.2 Å². The summed E-state index contributed by atoms with van der Waals surface area (Å²) in [5.41, 5.74) is 1.21. The molecule has 0 saturated heterocycles. The topological polar surface area (TPSA) is 61.4 Å². The highest BCUT2D eigenvalue weighted by atomic mass is 16.2. The van der Waals surface area contributed by atoms with Crippen LogP contribution in [-0.2, 0) is 4.79 Å². The first-order valence-corrected chi connectivity index (χ1v) is 6.66. The van der Waals surface area contributed by atoms with Crippen molar-refractivity contribution in [2.75, 3.05) is 32.0 Å². The summed E-state index contributed by atoms with van der Waals surface area (Å²) in [5, 5.41) is 5.34. The Morgan fingerprint density at radius 3 is 2.19 bits per heavy atom. The standard InChI is InChI=1S/C16H21N3O2/c1-4-10-19(11-5-2)12-15(20)18-14-8-6-13(7-9-14)16(21)17-3/h4-9H,1-2,10-12H2,3H3,(H,17,21)(H,18,20). The molecule has 0 fully saturated rings. The Bertz CT molecular complexity index is 499. The van der Waals surface area contributed by atoms with Gasteiger partial charge >= 0.3 is 0 Å². The summed E-state index contributed by atoms with van der Waals surface area (Å²) in [4.78, 5) is 25.3. The number of nitrogens with zero attached hydrogens (tertiary/aromatic N) is 1. The van der Waals surface area contributed by atoms with E-state index in [0.29, 0.717) is 24.3 Å². The minimum Gasteiger partial charge on any atom is -0.355 e. The van der Waals surface area contributed by atoms with E-state index in [2.05, 4.69) is 23.8 Å². The molecule has 0 spiro atoms. The van der Waals surface area contributed by atoms with E-state index in [4.69, 9.17) is 0 Å². The van der Waals surface area contributed by atoms with Gasteiger partial charge in [0, 0.05) is 31.4 Å². The van der Waals surface area contributed by atoms with Crippen LogP contribution in [0.5, 0.6) is 0 Å². The number of nitrogens with one attached hydrogen (secondary N) is 2. The van der Waals surface area contributed by atoms with Crippen LogP contribution < -0.4 is 10.6 Å². The number of benzene rings is 1. The van der Waals surface area contributed by atoms with Gasteiger partial charge < -0.3 is 10.6 Å². The number of hydrogen-bond donors (Lipinski definition) is 2. The third-order valence-corrected chi connectivity index (χ3v) is 2.80. The summed E-state index contributed by atoms with van der Waals surface area (Å²) in [6, 6.07) is 6.74. The Hall–Kier alpha value is -2.40. The molecule has 21 heavy (non-hydrogen) atoms. The van der Waals surface area contributed by atoms with Crippen LogP contribution in [0.3, 0.4) is 0 Å². The van der Waals surface area contributed by atoms with Crippen molar-refractivity contribution in [3.05, 3.63) is 55.1 Å². The zero-order valence-corrected chi connectivity index (χ0v) is 12.3. The van der Waals surface area contributed by atoms with Gasteiger partial charge in [0.25, 0.3) is 5.91 Å². The van der Waals surface area contributed by atoms with E-state index in [-0.39, 0.29) is 18.4 Å². The fourth-order valence-corrected chi connectivity index (χ4v) is 1.82. The molecule has 0 aliphatic heterocycles. The van der Waals surface area contributed by atoms with Gasteiger partial charge in [0.1, 0.15) is 0 Å². The third kappa shape index (κ3) is 5.62. The average molecular weight is 287 g/mol. The van der Waals surface area contributed by atoms with E-state index >= 15 is 0 Å². The highest BCUT2D eigenvalue weighted by molar-refractivity contribution is 5.96. The van der Waals surface area contributed by atoms with Gasteiger partial charge in [0.15, 0.2) is 0 Å². The molecule has 2 N–H and O–H groups in total. The second kappa shape index (κ2) is 8.71. The summed E-state index contributed by atoms with van der Waals surface area (Å²) in [5.74, 6) is -0.276. The van der Waals surface area contributed by atoms with Crippen molar-refractivity contribution in [2.45, 2.75) is 0 Å². The van der Waals surface area contributed by atoms with Gasteiger partial charge in [-0.3, -0.25) is 14.5 Å². The number of amides is 2. The van der Waals surface area contributed by atoms with E-state index in [9.17, 15) is 9.59 Å². The molecule has 1 rings (SSSR count). The maximum atomic E-state index is 11.9. The van der Waals surface area contributed by atoms with Gasteiger partial charge in [0.05, 0.1) is 6.54 Å². The van der Waals surface area contributed by atoms with Gasteiger partial charge in [-0.15, -0.1) is 13.2 Å². The maximum absolute atomic E-state index is 11.9. The molecule has 0 aromatic heterocycles. The van der Waals surface area contributed by atoms with E-state index < -0.39 is 0 Å². The van der Waals surface area contributed by atoms with Gasteiger partial charge in [-0.05, 0) is 24.3 Å². The van der Waals surface area contributed by atoms with Crippen LogP contribution in [0.25, 0.3) is 0 Å². The SMILES string of the molecule is C=CCN(CC=C)CC(=O)Nc1ccc(C(=O)NC)cc1. The monoisotopic (exact) mass is 287 g/mol. The molecule has 0 bridgehead atoms. The Morgan fingerprint density at radius 1 is 1.14 bits per heavy atom. The van der Waals surface area contributed by atoms with E-state index in [1.165, 1.54) is 0 Å². The first kappa shape index (κ1) is 16.7. The van der Waals surface area contributed by atoms with E-state index in [0.717, 1.165) is 0 Å². The predicted octanol–water partition coefficient (Wildman–Crippen LogP) is 1.66. The Kier molecular flexibility index (Phi) is 6.91. The zero-order valence-electron chi connectivity index (χ0n) is 12.3. The highest BCUT2D eigenvalue weighted by Crippen LogP contribution is 2.09. The lowest BCUT2D eigenvalue weighted by molar-refractivity contribution is -0.117. The van der Waals surface area contributed by atoms with Crippen molar-refractivity contribution in [1.29, 1.82) is 0 Å². The smallest absolute Gasteiger partial charge is 0.251 e. The lowest BCUT2D eigenvalue weighted by Gasteiger charge is -2.18. The molecule has 0 unspecified atom stereocenters. The van der Waals surface area contributed by atoms with E-state index in [1.807, 2.05) is 4.90 Å². The molecule has 2 amide bonds. The highest BCUT2D eigenvalue weighted by Gasteiger charge is 2.09. The van der Waals surface area contributed by atoms with Crippen LogP contribution in [-0.4, -0.2) is 43.4 Å². The van der Waals surface area contributed by atoms with Gasteiger partial charge in [-0.2, -0.15) is 0 Å². The van der Waals surface area contributed by atoms with Crippen molar-refractivity contribution >= 4 is 17.5 Å². The quantitative estimate of drug-likeness (QED) is 0.715. The molecule has 0 atom stereocenters. The Morgan fingerprint density at radius 2 is 1.71 bits per heavy atom. The maximum Gasteiger partial charge on any atom is 0.251 e. The lowest BCUT2D eigenvalue weighted by Crippen LogP contribution is -2.33. The first-order valence-electron chi connectivity index (χ1n) is 6.66. The molecular weight excluding hydrogens is 266 g/mol. The number of anilines is 1. The summed E-state index contributed by atoms with van der Waals surface area (Å²) in [6.45, 7) is 8.82. The van der Waals surface area contributed by atoms with Crippen molar-refractivity contribution in [1.82, 2.24) is 10.2 Å². The summed E-state index contributed by atoms with van der Waals surface area (Å²) >= 11 is 0. The van der Waals surface area contributed by atoms with E-state index in [1.54, 1.807) is 43.5 Å². The van der Waals surface area contributed by atoms with Crippen LogP contribution >= 0.6 is 0 Å². The van der Waals surface area contributed by atoms with Crippen LogP contribution in [0, 0.1) is 0 Å². The third-order valence-electron chi connectivity index (χ3n) is 2.80. The fourth-order valence-electron chi connectivity index (χ4n) is 1.82. The molecule has 1 aromatic rings. The van der Waals surface area contributed by atoms with Crippen molar-refractivity contribution in [3.63, 3.8) is 0 Å².